The van der Waals surface area contributed by atoms with Crippen LogP contribution in [-0.4, -0.2) is 38.7 Å². The van der Waals surface area contributed by atoms with Crippen LogP contribution in [0.5, 0.6) is 0 Å². The van der Waals surface area contributed by atoms with Crippen LogP contribution in [-0.2, 0) is 14.4 Å². The summed E-state index contributed by atoms with van der Waals surface area (Å²) in [6.07, 6.45) is 0. The molecule has 10 heteroatoms. The molecule has 1 aromatic rings. The lowest BCUT2D eigenvalue weighted by Crippen LogP contribution is -2.19. The van der Waals surface area contributed by atoms with E-state index in [1.54, 1.807) is 0 Å². The molecule has 0 spiro atoms. The number of hydrogen-bond acceptors (Lipinski definition) is 8. The minimum Gasteiger partial charge on any atom is -0.479 e. The number of nitrogens with zero attached hydrogens (tertiary/aromatic N) is 3. The van der Waals surface area contributed by atoms with Crippen molar-refractivity contribution in [3.8, 4) is 0 Å². The molecular weight excluding hydrogens is 238 g/mol. The number of nitrogens with one attached hydrogen (secondary N) is 1. The third-order valence-corrected chi connectivity index (χ3v) is 1.76. The standard InChI is InChI=1S/C6H6N5O4S/c7-4(14)3(10-15-1-2(12)13)5-9-6(8)16-11-5/h7H,1H2,(H,12,13)(H2,8,9,11). The number of aromatic nitrogens is 2. The average Bonchev–Trinajstić information content (AvgIpc) is 2.58. The number of amides is 1. The predicted molar refractivity (Wildman–Crippen MR) is 52.5 cm³/mol. The number of carboxylic acid groups (broad SMARTS) is 1. The van der Waals surface area contributed by atoms with Gasteiger partial charge in [0.05, 0.1) is 0 Å². The zero-order chi connectivity index (χ0) is 12.1. The van der Waals surface area contributed by atoms with Crippen molar-refractivity contribution < 1.29 is 19.5 Å². The quantitative estimate of drug-likeness (QED) is 0.484. The maximum absolute atomic E-state index is 10.8. The van der Waals surface area contributed by atoms with Crippen molar-refractivity contribution in [1.82, 2.24) is 15.1 Å². The molecule has 4 N–H and O–H groups in total. The molecule has 1 amide bonds. The van der Waals surface area contributed by atoms with Gasteiger partial charge in [0.1, 0.15) is 0 Å². The smallest absolute Gasteiger partial charge is 0.344 e. The summed E-state index contributed by atoms with van der Waals surface area (Å²) in [6, 6.07) is 0. The number of carbonyl (C=O) groups is 2. The Morgan fingerprint density at radius 1 is 1.62 bits per heavy atom. The van der Waals surface area contributed by atoms with Gasteiger partial charge in [0.2, 0.25) is 18.1 Å². The van der Waals surface area contributed by atoms with Gasteiger partial charge in [-0.2, -0.15) is 9.36 Å². The molecule has 0 aliphatic carbocycles. The fourth-order valence-corrected chi connectivity index (χ4v) is 1.10. The van der Waals surface area contributed by atoms with E-state index in [1.165, 1.54) is 0 Å². The number of hydrogen-bond donors (Lipinski definition) is 2. The average molecular weight is 244 g/mol. The lowest BCUT2D eigenvalue weighted by atomic mass is 10.3. The molecule has 0 aromatic carbocycles. The van der Waals surface area contributed by atoms with E-state index in [4.69, 9.17) is 16.6 Å². The number of oxime groups is 1. The van der Waals surface area contributed by atoms with E-state index >= 15 is 0 Å². The molecule has 9 nitrogen and oxygen atoms in total. The summed E-state index contributed by atoms with van der Waals surface area (Å²) in [7, 11) is 0. The maximum atomic E-state index is 10.8. The molecule has 1 rings (SSSR count). The molecule has 1 radical (unpaired) electrons. The first-order chi connectivity index (χ1) is 7.50. The van der Waals surface area contributed by atoms with E-state index in [9.17, 15) is 9.59 Å². The summed E-state index contributed by atoms with van der Waals surface area (Å²) >= 11 is 0.818. The van der Waals surface area contributed by atoms with Gasteiger partial charge in [-0.25, -0.2) is 4.79 Å². The van der Waals surface area contributed by atoms with Crippen LogP contribution in [0.2, 0.25) is 0 Å². The molecule has 0 bridgehead atoms. The fourth-order valence-electron chi connectivity index (χ4n) is 0.667. The van der Waals surface area contributed by atoms with Crippen LogP contribution in [0.15, 0.2) is 5.16 Å². The zero-order valence-electron chi connectivity index (χ0n) is 7.71. The van der Waals surface area contributed by atoms with E-state index in [0.29, 0.717) is 0 Å². The van der Waals surface area contributed by atoms with Crippen molar-refractivity contribution in [2.24, 2.45) is 5.16 Å². The number of nitrogens with two attached hydrogens (primary N) is 1. The molecule has 0 aliphatic rings. The normalized spacial score (nSPS) is 11.1. The SMILES string of the molecule is [NH]C(=O)C(=NOCC(=O)O)c1nsc(N)n1. The number of carbonyl (C=O) groups excluding carboxylic acids is 1. The van der Waals surface area contributed by atoms with Crippen molar-refractivity contribution in [3.63, 3.8) is 0 Å². The van der Waals surface area contributed by atoms with Crippen molar-refractivity contribution in [2.45, 2.75) is 0 Å². The first-order valence-corrected chi connectivity index (χ1v) is 4.55. The first kappa shape index (κ1) is 11.8. The molecule has 0 unspecified atom stereocenters. The van der Waals surface area contributed by atoms with Gasteiger partial charge in [-0.1, -0.05) is 5.16 Å². The lowest BCUT2D eigenvalue weighted by molar-refractivity contribution is -0.142. The second-order valence-electron chi connectivity index (χ2n) is 2.39. The van der Waals surface area contributed by atoms with Gasteiger partial charge in [0.15, 0.2) is 5.13 Å². The Kier molecular flexibility index (Phi) is 3.72. The van der Waals surface area contributed by atoms with Gasteiger partial charge in [-0.3, -0.25) is 10.5 Å². The molecule has 85 valence electrons. The fraction of sp³-hybridized carbons (Fsp3) is 0.167. The number of anilines is 1. The lowest BCUT2D eigenvalue weighted by Gasteiger charge is -1.96. The molecule has 1 aromatic heterocycles. The zero-order valence-corrected chi connectivity index (χ0v) is 8.52. The maximum Gasteiger partial charge on any atom is 0.344 e. The Morgan fingerprint density at radius 2 is 2.31 bits per heavy atom. The van der Waals surface area contributed by atoms with Gasteiger partial charge in [0, 0.05) is 11.5 Å². The summed E-state index contributed by atoms with van der Waals surface area (Å²) in [5, 5.41) is 11.5. The van der Waals surface area contributed by atoms with Crippen LogP contribution in [0.25, 0.3) is 0 Å². The van der Waals surface area contributed by atoms with Crippen molar-refractivity contribution in [3.05, 3.63) is 5.82 Å². The third kappa shape index (κ3) is 3.16. The monoisotopic (exact) mass is 244 g/mol. The second-order valence-corrected chi connectivity index (χ2v) is 3.18. The van der Waals surface area contributed by atoms with Gasteiger partial charge in [0.25, 0.3) is 5.91 Å². The summed E-state index contributed by atoms with van der Waals surface area (Å²) < 4.78 is 3.64. The van der Waals surface area contributed by atoms with Crippen LogP contribution in [0.1, 0.15) is 5.82 Å². The molecular formula is C6H6N5O4S. The summed E-state index contributed by atoms with van der Waals surface area (Å²) in [4.78, 5) is 28.9. The van der Waals surface area contributed by atoms with Crippen molar-refractivity contribution in [2.75, 3.05) is 12.3 Å². The van der Waals surface area contributed by atoms with E-state index in [-0.39, 0.29) is 11.0 Å². The van der Waals surface area contributed by atoms with Crippen molar-refractivity contribution in [1.29, 1.82) is 0 Å². The largest absolute Gasteiger partial charge is 0.479 e. The van der Waals surface area contributed by atoms with Gasteiger partial charge in [-0.05, 0) is 0 Å². The highest BCUT2D eigenvalue weighted by Crippen LogP contribution is 2.07. The summed E-state index contributed by atoms with van der Waals surface area (Å²) in [5.74, 6) is -2.61. The van der Waals surface area contributed by atoms with Crippen LogP contribution >= 0.6 is 11.5 Å². The molecule has 16 heavy (non-hydrogen) atoms. The van der Waals surface area contributed by atoms with E-state index in [0.717, 1.165) is 11.5 Å². The topological polar surface area (TPSA) is 152 Å². The van der Waals surface area contributed by atoms with E-state index in [2.05, 4.69) is 19.4 Å². The van der Waals surface area contributed by atoms with Crippen molar-refractivity contribution >= 4 is 34.3 Å². The minimum absolute atomic E-state index is 0.0992. The van der Waals surface area contributed by atoms with Crippen LogP contribution < -0.4 is 11.5 Å². The number of aliphatic carboxylic acids is 1. The minimum atomic E-state index is -1.26. The molecule has 0 saturated carbocycles. The Balaban J connectivity index is 2.83. The van der Waals surface area contributed by atoms with Gasteiger partial charge >= 0.3 is 5.97 Å². The summed E-state index contributed by atoms with van der Waals surface area (Å²) in [5.41, 5.74) is 11.6. The summed E-state index contributed by atoms with van der Waals surface area (Å²) in [6.45, 7) is -0.726. The first-order valence-electron chi connectivity index (χ1n) is 3.78. The Morgan fingerprint density at radius 3 is 2.75 bits per heavy atom. The van der Waals surface area contributed by atoms with Crippen LogP contribution in [0, 0.1) is 0 Å². The molecule has 1 heterocycles. The number of carboxylic acids is 1. The van der Waals surface area contributed by atoms with E-state index in [1.807, 2.05) is 0 Å². The molecule has 0 aliphatic heterocycles. The van der Waals surface area contributed by atoms with Gasteiger partial charge in [-0.15, -0.1) is 0 Å². The highest BCUT2D eigenvalue weighted by atomic mass is 32.1. The highest BCUT2D eigenvalue weighted by Gasteiger charge is 2.17. The number of nitrogen functional groups attached to an aromatic ring is 1. The molecule has 0 saturated heterocycles. The Hall–Kier alpha value is -2.23. The Bertz CT molecular complexity index is 442. The molecule has 0 fully saturated rings. The Labute approximate surface area is 92.9 Å². The van der Waals surface area contributed by atoms with Gasteiger partial charge < -0.3 is 15.7 Å². The van der Waals surface area contributed by atoms with E-state index < -0.39 is 24.2 Å². The second kappa shape index (κ2) is 5.02. The van der Waals surface area contributed by atoms with Crippen LogP contribution in [0.3, 0.4) is 0 Å². The highest BCUT2D eigenvalue weighted by molar-refractivity contribution is 7.09. The number of rotatable bonds is 5. The van der Waals surface area contributed by atoms with Crippen LogP contribution in [0.4, 0.5) is 5.13 Å². The third-order valence-electron chi connectivity index (χ3n) is 1.21. The molecule has 0 atom stereocenters. The predicted octanol–water partition coefficient (Wildman–Crippen LogP) is -1.26.